The highest BCUT2D eigenvalue weighted by atomic mass is 16.1. The van der Waals surface area contributed by atoms with Crippen LogP contribution in [0.25, 0.3) is 0 Å². The number of carbonyl (C=O) groups excluding carboxylic acids is 1. The van der Waals surface area contributed by atoms with Gasteiger partial charge in [-0.05, 0) is 19.4 Å². The van der Waals surface area contributed by atoms with E-state index in [4.69, 9.17) is 4.99 Å². The van der Waals surface area contributed by atoms with Crippen molar-refractivity contribution < 1.29 is 4.79 Å². The Balaban J connectivity index is 2.15. The summed E-state index contributed by atoms with van der Waals surface area (Å²) in [7, 11) is 0. The predicted molar refractivity (Wildman–Crippen MR) is 107 cm³/mol. The molecule has 0 aliphatic carbocycles. The van der Waals surface area contributed by atoms with Crippen molar-refractivity contribution in [3.63, 3.8) is 0 Å². The number of rotatable bonds is 4. The molecule has 0 radical (unpaired) electrons. The van der Waals surface area contributed by atoms with E-state index in [9.17, 15) is 4.79 Å². The Morgan fingerprint density at radius 3 is 2.00 bits per heavy atom. The van der Waals surface area contributed by atoms with Gasteiger partial charge in [0.1, 0.15) is 17.9 Å². The highest BCUT2D eigenvalue weighted by Gasteiger charge is 2.46. The summed E-state index contributed by atoms with van der Waals surface area (Å²) in [6, 6.07) is 20.1. The molecule has 0 saturated heterocycles. The van der Waals surface area contributed by atoms with Crippen LogP contribution in [0.2, 0.25) is 0 Å². The van der Waals surface area contributed by atoms with E-state index in [2.05, 4.69) is 43.0 Å². The topological polar surface area (TPSA) is 32.7 Å². The number of hydrogen-bond acceptors (Lipinski definition) is 3. The first-order valence-corrected chi connectivity index (χ1v) is 9.31. The summed E-state index contributed by atoms with van der Waals surface area (Å²) < 4.78 is 0. The number of carbonyl (C=O) groups is 1. The maximum absolute atomic E-state index is 13.4. The fourth-order valence-electron chi connectivity index (χ4n) is 3.55. The van der Waals surface area contributed by atoms with Gasteiger partial charge in [0.15, 0.2) is 5.78 Å². The van der Waals surface area contributed by atoms with Gasteiger partial charge in [-0.3, -0.25) is 9.79 Å². The maximum atomic E-state index is 13.4. The lowest BCUT2D eigenvalue weighted by Gasteiger charge is -2.36. The first-order valence-electron chi connectivity index (χ1n) is 9.31. The van der Waals surface area contributed by atoms with Gasteiger partial charge in [-0.2, -0.15) is 0 Å². The largest absolute Gasteiger partial charge is 0.341 e. The highest BCUT2D eigenvalue weighted by Crippen LogP contribution is 2.38. The molecule has 0 N–H and O–H groups in total. The molecule has 0 aromatic heterocycles. The molecule has 1 heterocycles. The fourth-order valence-corrected chi connectivity index (χ4v) is 3.55. The average Bonchev–Trinajstić information content (AvgIpc) is 3.02. The number of nitrogens with zero attached hydrogens (tertiary/aromatic N) is 2. The average molecular weight is 348 g/mol. The summed E-state index contributed by atoms with van der Waals surface area (Å²) in [6.07, 6.45) is 0. The van der Waals surface area contributed by atoms with Gasteiger partial charge in [-0.15, -0.1) is 0 Å². The molecule has 0 spiro atoms. The van der Waals surface area contributed by atoms with Gasteiger partial charge < -0.3 is 4.90 Å². The smallest absolute Gasteiger partial charge is 0.163 e. The molecule has 0 fully saturated rings. The Bertz CT molecular complexity index is 788. The van der Waals surface area contributed by atoms with Gasteiger partial charge in [-0.25, -0.2) is 0 Å². The second-order valence-corrected chi connectivity index (χ2v) is 8.23. The number of Topliss-reactive ketones (excluding diaryl/α,β-unsaturated/α-hetero) is 1. The van der Waals surface area contributed by atoms with Crippen LogP contribution < -0.4 is 0 Å². The van der Waals surface area contributed by atoms with Crippen LogP contribution >= 0.6 is 0 Å². The lowest BCUT2D eigenvalue weighted by Crippen LogP contribution is -2.50. The van der Waals surface area contributed by atoms with Crippen molar-refractivity contribution in [3.8, 4) is 0 Å². The van der Waals surface area contributed by atoms with Gasteiger partial charge in [0.05, 0.1) is 0 Å². The molecule has 2 aromatic carbocycles. The van der Waals surface area contributed by atoms with Crippen molar-refractivity contribution in [2.45, 2.75) is 52.7 Å². The third kappa shape index (κ3) is 3.44. The number of amidine groups is 1. The molecule has 0 amide bonds. The van der Waals surface area contributed by atoms with E-state index in [1.807, 2.05) is 57.2 Å². The van der Waals surface area contributed by atoms with Gasteiger partial charge in [0, 0.05) is 17.0 Å². The molecule has 1 aliphatic rings. The Labute approximate surface area is 156 Å². The molecule has 2 unspecified atom stereocenters. The molecule has 1 aliphatic heterocycles. The zero-order valence-electron chi connectivity index (χ0n) is 16.3. The van der Waals surface area contributed by atoms with Crippen molar-refractivity contribution >= 4 is 11.6 Å². The SMILES string of the molecule is CC(C)N1C(c2ccccc2)=NC(c2ccccc2)C1C(=O)C(C)(C)C. The summed E-state index contributed by atoms with van der Waals surface area (Å²) in [5, 5.41) is 0. The molecular weight excluding hydrogens is 320 g/mol. The van der Waals surface area contributed by atoms with Crippen LogP contribution in [-0.2, 0) is 4.79 Å². The monoisotopic (exact) mass is 348 g/mol. The number of ketones is 1. The van der Waals surface area contributed by atoms with Crippen molar-refractivity contribution in [1.82, 2.24) is 4.90 Å². The van der Waals surface area contributed by atoms with Crippen LogP contribution in [0.5, 0.6) is 0 Å². The summed E-state index contributed by atoms with van der Waals surface area (Å²) in [5.74, 6) is 1.15. The summed E-state index contributed by atoms with van der Waals surface area (Å²) >= 11 is 0. The minimum Gasteiger partial charge on any atom is -0.341 e. The molecule has 0 bridgehead atoms. The summed E-state index contributed by atoms with van der Waals surface area (Å²) in [4.78, 5) is 20.7. The molecule has 2 atom stereocenters. The normalized spacial score (nSPS) is 20.4. The van der Waals surface area contributed by atoms with Crippen LogP contribution in [0.3, 0.4) is 0 Å². The van der Waals surface area contributed by atoms with E-state index >= 15 is 0 Å². The number of benzene rings is 2. The second-order valence-electron chi connectivity index (χ2n) is 8.23. The summed E-state index contributed by atoms with van der Waals surface area (Å²) in [5.41, 5.74) is 1.73. The zero-order valence-corrected chi connectivity index (χ0v) is 16.3. The molecule has 2 aromatic rings. The first kappa shape index (κ1) is 18.4. The molecule has 26 heavy (non-hydrogen) atoms. The lowest BCUT2D eigenvalue weighted by molar-refractivity contribution is -0.131. The van der Waals surface area contributed by atoms with Gasteiger partial charge >= 0.3 is 0 Å². The lowest BCUT2D eigenvalue weighted by atomic mass is 9.81. The quantitative estimate of drug-likeness (QED) is 0.788. The van der Waals surface area contributed by atoms with Crippen molar-refractivity contribution in [2.75, 3.05) is 0 Å². The third-order valence-corrected chi connectivity index (χ3v) is 4.84. The molecule has 136 valence electrons. The van der Waals surface area contributed by atoms with Crippen LogP contribution in [0.4, 0.5) is 0 Å². The molecule has 3 heteroatoms. The van der Waals surface area contributed by atoms with E-state index in [1.165, 1.54) is 0 Å². The third-order valence-electron chi connectivity index (χ3n) is 4.84. The minimum atomic E-state index is -0.424. The van der Waals surface area contributed by atoms with Gasteiger partial charge in [0.25, 0.3) is 0 Å². The van der Waals surface area contributed by atoms with E-state index in [-0.39, 0.29) is 23.9 Å². The van der Waals surface area contributed by atoms with Crippen LogP contribution in [-0.4, -0.2) is 28.6 Å². The van der Waals surface area contributed by atoms with Crippen molar-refractivity contribution in [2.24, 2.45) is 10.4 Å². The van der Waals surface area contributed by atoms with Gasteiger partial charge in [-0.1, -0.05) is 81.4 Å². The van der Waals surface area contributed by atoms with Crippen LogP contribution in [0.15, 0.2) is 65.7 Å². The first-order chi connectivity index (χ1) is 12.3. The Morgan fingerprint density at radius 2 is 1.50 bits per heavy atom. The number of hydrogen-bond donors (Lipinski definition) is 0. The van der Waals surface area contributed by atoms with Crippen LogP contribution in [0.1, 0.15) is 51.8 Å². The van der Waals surface area contributed by atoms with E-state index < -0.39 is 5.41 Å². The highest BCUT2D eigenvalue weighted by molar-refractivity contribution is 6.05. The Morgan fingerprint density at radius 1 is 0.962 bits per heavy atom. The number of aliphatic imine (C=N–C) groups is 1. The van der Waals surface area contributed by atoms with Crippen molar-refractivity contribution in [1.29, 1.82) is 0 Å². The second kappa shape index (κ2) is 7.06. The van der Waals surface area contributed by atoms with E-state index in [0.29, 0.717) is 0 Å². The molecular formula is C23H28N2O. The zero-order chi connectivity index (χ0) is 18.9. The molecule has 3 rings (SSSR count). The fraction of sp³-hybridized carbons (Fsp3) is 0.391. The van der Waals surface area contributed by atoms with E-state index in [0.717, 1.165) is 17.0 Å². The minimum absolute atomic E-state index is 0.180. The maximum Gasteiger partial charge on any atom is 0.163 e. The Kier molecular flexibility index (Phi) is 4.99. The van der Waals surface area contributed by atoms with Crippen LogP contribution in [0, 0.1) is 5.41 Å². The van der Waals surface area contributed by atoms with E-state index in [1.54, 1.807) is 0 Å². The standard InChI is InChI=1S/C23H28N2O/c1-16(2)25-20(21(26)23(3,4)5)19(17-12-8-6-9-13-17)24-22(25)18-14-10-7-11-15-18/h6-16,19-20H,1-5H3. The molecule has 3 nitrogen and oxygen atoms in total. The molecule has 0 saturated carbocycles. The summed E-state index contributed by atoms with van der Waals surface area (Å²) in [6.45, 7) is 10.3. The van der Waals surface area contributed by atoms with Gasteiger partial charge in [0.2, 0.25) is 0 Å². The predicted octanol–water partition coefficient (Wildman–Crippen LogP) is 4.88. The van der Waals surface area contributed by atoms with Crippen molar-refractivity contribution in [3.05, 3.63) is 71.8 Å². The Hall–Kier alpha value is -2.42.